The molecule has 0 bridgehead atoms. The molecule has 118 valence electrons. The van der Waals surface area contributed by atoms with Crippen LogP contribution in [-0.2, 0) is 10.0 Å². The lowest BCUT2D eigenvalue weighted by Crippen LogP contribution is -2.13. The van der Waals surface area contributed by atoms with Gasteiger partial charge in [-0.3, -0.25) is 4.72 Å². The number of anilines is 1. The first-order valence-corrected chi connectivity index (χ1v) is 9.13. The minimum Gasteiger partial charge on any atom is -0.496 e. The van der Waals surface area contributed by atoms with Gasteiger partial charge in [-0.05, 0) is 45.6 Å². The number of rotatable bonds is 4. The van der Waals surface area contributed by atoms with Crippen molar-refractivity contribution in [3.63, 3.8) is 0 Å². The molecule has 0 aliphatic heterocycles. The summed E-state index contributed by atoms with van der Waals surface area (Å²) in [5, 5.41) is 1.83. The zero-order valence-electron chi connectivity index (χ0n) is 12.3. The standard InChI is InChI=1S/C17H14BrNO3S/c1-22-17-10-9-13(11-15(17)18)23(20,21)19-16-8-4-6-12-5-2-3-7-14(12)16/h2-11,19H,1H3. The summed E-state index contributed by atoms with van der Waals surface area (Å²) in [4.78, 5) is 0.165. The maximum atomic E-state index is 12.6. The van der Waals surface area contributed by atoms with Crippen LogP contribution < -0.4 is 9.46 Å². The molecule has 0 saturated carbocycles. The van der Waals surface area contributed by atoms with Crippen LogP contribution in [-0.4, -0.2) is 15.5 Å². The maximum absolute atomic E-state index is 12.6. The van der Waals surface area contributed by atoms with Crippen molar-refractivity contribution in [1.82, 2.24) is 0 Å². The Kier molecular flexibility index (Phi) is 4.28. The molecular formula is C17H14BrNO3S. The van der Waals surface area contributed by atoms with E-state index in [2.05, 4.69) is 20.7 Å². The van der Waals surface area contributed by atoms with E-state index in [1.54, 1.807) is 12.1 Å². The second-order valence-electron chi connectivity index (χ2n) is 4.93. The van der Waals surface area contributed by atoms with Crippen LogP contribution in [0, 0.1) is 0 Å². The number of benzene rings is 3. The van der Waals surface area contributed by atoms with Gasteiger partial charge >= 0.3 is 0 Å². The molecule has 0 aliphatic carbocycles. The minimum atomic E-state index is -3.69. The van der Waals surface area contributed by atoms with Gasteiger partial charge in [0.15, 0.2) is 0 Å². The molecule has 0 aromatic heterocycles. The lowest BCUT2D eigenvalue weighted by molar-refractivity contribution is 0.411. The Balaban J connectivity index is 2.02. The van der Waals surface area contributed by atoms with Gasteiger partial charge in [-0.2, -0.15) is 0 Å². The number of fused-ring (bicyclic) bond motifs is 1. The van der Waals surface area contributed by atoms with Gasteiger partial charge in [0.1, 0.15) is 5.75 Å². The Hall–Kier alpha value is -2.05. The smallest absolute Gasteiger partial charge is 0.261 e. The van der Waals surface area contributed by atoms with E-state index in [4.69, 9.17) is 4.74 Å². The first kappa shape index (κ1) is 15.8. The third kappa shape index (κ3) is 3.18. The molecule has 3 aromatic carbocycles. The predicted molar refractivity (Wildman–Crippen MR) is 95.5 cm³/mol. The molecule has 6 heteroatoms. The normalized spacial score (nSPS) is 11.4. The van der Waals surface area contributed by atoms with Crippen molar-refractivity contribution in [3.8, 4) is 5.75 Å². The van der Waals surface area contributed by atoms with Crippen molar-refractivity contribution < 1.29 is 13.2 Å². The summed E-state index contributed by atoms with van der Waals surface area (Å²) in [7, 11) is -2.16. The average molecular weight is 392 g/mol. The van der Waals surface area contributed by atoms with Gasteiger partial charge in [-0.15, -0.1) is 0 Å². The van der Waals surface area contributed by atoms with Crippen LogP contribution in [0.3, 0.4) is 0 Å². The number of sulfonamides is 1. The first-order chi connectivity index (χ1) is 11.0. The third-order valence-electron chi connectivity index (χ3n) is 3.47. The summed E-state index contributed by atoms with van der Waals surface area (Å²) in [6, 6.07) is 17.8. The first-order valence-electron chi connectivity index (χ1n) is 6.85. The molecular weight excluding hydrogens is 378 g/mol. The zero-order chi connectivity index (χ0) is 16.4. The summed E-state index contributed by atoms with van der Waals surface area (Å²) >= 11 is 3.31. The van der Waals surface area contributed by atoms with Crippen LogP contribution >= 0.6 is 15.9 Å². The lowest BCUT2D eigenvalue weighted by Gasteiger charge is -2.12. The third-order valence-corrected chi connectivity index (χ3v) is 5.45. The fourth-order valence-corrected chi connectivity index (χ4v) is 4.13. The summed E-state index contributed by atoms with van der Waals surface area (Å²) in [5.74, 6) is 0.578. The second kappa shape index (κ2) is 6.22. The quantitative estimate of drug-likeness (QED) is 0.716. The monoisotopic (exact) mass is 391 g/mol. The van der Waals surface area contributed by atoms with E-state index < -0.39 is 10.0 Å². The van der Waals surface area contributed by atoms with Crippen LogP contribution in [0.25, 0.3) is 10.8 Å². The lowest BCUT2D eigenvalue weighted by atomic mass is 10.1. The molecule has 0 aliphatic rings. The highest BCUT2D eigenvalue weighted by atomic mass is 79.9. The summed E-state index contributed by atoms with van der Waals surface area (Å²) in [5.41, 5.74) is 0.551. The molecule has 0 heterocycles. The molecule has 3 rings (SSSR count). The number of methoxy groups -OCH3 is 1. The molecule has 1 N–H and O–H groups in total. The van der Waals surface area contributed by atoms with Crippen molar-refractivity contribution in [1.29, 1.82) is 0 Å². The van der Waals surface area contributed by atoms with Gasteiger partial charge < -0.3 is 4.74 Å². The number of halogens is 1. The van der Waals surface area contributed by atoms with Gasteiger partial charge in [0.25, 0.3) is 10.0 Å². The Morgan fingerprint density at radius 3 is 2.48 bits per heavy atom. The van der Waals surface area contributed by atoms with Crippen LogP contribution in [0.15, 0.2) is 70.0 Å². The number of ether oxygens (including phenoxy) is 1. The largest absolute Gasteiger partial charge is 0.496 e. The Morgan fingerprint density at radius 1 is 1.00 bits per heavy atom. The van der Waals surface area contributed by atoms with Crippen molar-refractivity contribution in [2.45, 2.75) is 4.90 Å². The predicted octanol–water partition coefficient (Wildman–Crippen LogP) is 4.41. The Labute approximate surface area is 143 Å². The van der Waals surface area contributed by atoms with Gasteiger partial charge in [-0.25, -0.2) is 8.42 Å². The minimum absolute atomic E-state index is 0.165. The summed E-state index contributed by atoms with van der Waals surface area (Å²) < 4.78 is 33.6. The van der Waals surface area contributed by atoms with Crippen LogP contribution in [0.1, 0.15) is 0 Å². The van der Waals surface area contributed by atoms with E-state index in [1.807, 2.05) is 36.4 Å². The molecule has 0 fully saturated rings. The van der Waals surface area contributed by atoms with Crippen LogP contribution in [0.5, 0.6) is 5.75 Å². The highest BCUT2D eigenvalue weighted by Crippen LogP contribution is 2.30. The topological polar surface area (TPSA) is 55.4 Å². The number of hydrogen-bond donors (Lipinski definition) is 1. The summed E-state index contributed by atoms with van der Waals surface area (Å²) in [6.45, 7) is 0. The number of nitrogens with one attached hydrogen (secondary N) is 1. The molecule has 23 heavy (non-hydrogen) atoms. The highest BCUT2D eigenvalue weighted by molar-refractivity contribution is 9.10. The van der Waals surface area contributed by atoms with E-state index in [1.165, 1.54) is 19.2 Å². The highest BCUT2D eigenvalue weighted by Gasteiger charge is 2.17. The van der Waals surface area contributed by atoms with Crippen molar-refractivity contribution in [2.75, 3.05) is 11.8 Å². The van der Waals surface area contributed by atoms with E-state index in [9.17, 15) is 8.42 Å². The summed E-state index contributed by atoms with van der Waals surface area (Å²) in [6.07, 6.45) is 0. The van der Waals surface area contributed by atoms with Crippen molar-refractivity contribution in [2.24, 2.45) is 0 Å². The van der Waals surface area contributed by atoms with Gasteiger partial charge in [0.05, 0.1) is 22.2 Å². The van der Waals surface area contributed by atoms with Gasteiger partial charge in [0, 0.05) is 5.39 Å². The molecule has 0 atom stereocenters. The second-order valence-corrected chi connectivity index (χ2v) is 7.47. The number of hydrogen-bond acceptors (Lipinski definition) is 3. The Bertz CT molecular complexity index is 965. The van der Waals surface area contributed by atoms with Crippen molar-refractivity contribution >= 4 is 42.4 Å². The van der Waals surface area contributed by atoms with Crippen LogP contribution in [0.4, 0.5) is 5.69 Å². The molecule has 0 amide bonds. The fourth-order valence-electron chi connectivity index (χ4n) is 2.33. The fraction of sp³-hybridized carbons (Fsp3) is 0.0588. The van der Waals surface area contributed by atoms with E-state index in [0.29, 0.717) is 15.9 Å². The maximum Gasteiger partial charge on any atom is 0.261 e. The van der Waals surface area contributed by atoms with Crippen molar-refractivity contribution in [3.05, 3.63) is 65.1 Å². The molecule has 0 unspecified atom stereocenters. The molecule has 0 saturated heterocycles. The van der Waals surface area contributed by atoms with E-state index in [0.717, 1.165) is 10.8 Å². The SMILES string of the molecule is COc1ccc(S(=O)(=O)Nc2cccc3ccccc23)cc1Br. The van der Waals surface area contributed by atoms with Gasteiger partial charge in [-0.1, -0.05) is 36.4 Å². The Morgan fingerprint density at radius 2 is 1.74 bits per heavy atom. The molecule has 0 radical (unpaired) electrons. The zero-order valence-corrected chi connectivity index (χ0v) is 14.7. The average Bonchev–Trinajstić information content (AvgIpc) is 2.55. The van der Waals surface area contributed by atoms with E-state index >= 15 is 0 Å². The van der Waals surface area contributed by atoms with Crippen LogP contribution in [0.2, 0.25) is 0 Å². The molecule has 3 aromatic rings. The molecule has 4 nitrogen and oxygen atoms in total. The van der Waals surface area contributed by atoms with Gasteiger partial charge in [0.2, 0.25) is 0 Å². The van der Waals surface area contributed by atoms with E-state index in [-0.39, 0.29) is 4.90 Å². The molecule has 0 spiro atoms.